The Labute approximate surface area is 127 Å². The molecule has 0 fully saturated rings. The van der Waals surface area contributed by atoms with E-state index in [1.54, 1.807) is 24.4 Å². The van der Waals surface area contributed by atoms with Crippen LogP contribution >= 0.6 is 22.6 Å². The van der Waals surface area contributed by atoms with Crippen molar-refractivity contribution in [1.82, 2.24) is 14.5 Å². The van der Waals surface area contributed by atoms with Gasteiger partial charge in [0, 0.05) is 0 Å². The standard InChI is InChI=1S/C14H9FIN3O/c15-10-3-1-9(2-4-10)7-19-8-18-12-6-17-13(16)5-11(12)14(19)20/h1-6,8H,7H2. The Kier molecular flexibility index (Phi) is 3.47. The van der Waals surface area contributed by atoms with Crippen LogP contribution in [0.5, 0.6) is 0 Å². The topological polar surface area (TPSA) is 47.8 Å². The summed E-state index contributed by atoms with van der Waals surface area (Å²) >= 11 is 2.05. The molecule has 2 heterocycles. The van der Waals surface area contributed by atoms with Gasteiger partial charge in [-0.1, -0.05) is 12.1 Å². The van der Waals surface area contributed by atoms with Crippen LogP contribution in [0.4, 0.5) is 4.39 Å². The van der Waals surface area contributed by atoms with Gasteiger partial charge in [-0.05, 0) is 46.4 Å². The van der Waals surface area contributed by atoms with Crippen LogP contribution in [0.3, 0.4) is 0 Å². The van der Waals surface area contributed by atoms with E-state index in [9.17, 15) is 9.18 Å². The average molecular weight is 381 g/mol. The molecule has 0 spiro atoms. The lowest BCUT2D eigenvalue weighted by Crippen LogP contribution is -2.21. The van der Waals surface area contributed by atoms with Crippen LogP contribution in [0.1, 0.15) is 5.56 Å². The number of halogens is 2. The van der Waals surface area contributed by atoms with E-state index in [1.165, 1.54) is 23.0 Å². The van der Waals surface area contributed by atoms with Crippen molar-refractivity contribution in [2.75, 3.05) is 0 Å². The number of hydrogen-bond acceptors (Lipinski definition) is 3. The monoisotopic (exact) mass is 381 g/mol. The molecule has 0 aliphatic heterocycles. The van der Waals surface area contributed by atoms with Gasteiger partial charge in [0.15, 0.2) is 0 Å². The zero-order valence-corrected chi connectivity index (χ0v) is 12.4. The van der Waals surface area contributed by atoms with Gasteiger partial charge in [-0.25, -0.2) is 14.4 Å². The predicted molar refractivity (Wildman–Crippen MR) is 82.0 cm³/mol. The Morgan fingerprint density at radius 3 is 2.70 bits per heavy atom. The normalized spacial score (nSPS) is 10.9. The highest BCUT2D eigenvalue weighted by Crippen LogP contribution is 2.09. The summed E-state index contributed by atoms with van der Waals surface area (Å²) in [5, 5.41) is 0.536. The number of hydrogen-bond donors (Lipinski definition) is 0. The Morgan fingerprint density at radius 2 is 1.95 bits per heavy atom. The van der Waals surface area contributed by atoms with Gasteiger partial charge in [0.2, 0.25) is 0 Å². The van der Waals surface area contributed by atoms with Crippen LogP contribution < -0.4 is 5.56 Å². The van der Waals surface area contributed by atoms with Gasteiger partial charge < -0.3 is 0 Å². The Balaban J connectivity index is 2.06. The second kappa shape index (κ2) is 5.28. The SMILES string of the molecule is O=c1c2cc(I)ncc2ncn1Cc1ccc(F)cc1. The predicted octanol–water partition coefficient (Wildman–Crippen LogP) is 2.58. The van der Waals surface area contributed by atoms with Gasteiger partial charge in [0.1, 0.15) is 9.52 Å². The third-order valence-corrected chi connectivity index (χ3v) is 3.53. The Bertz CT molecular complexity index is 830. The summed E-state index contributed by atoms with van der Waals surface area (Å²) < 4.78 is 15.1. The molecule has 0 saturated heterocycles. The molecule has 0 atom stereocenters. The molecule has 100 valence electrons. The van der Waals surface area contributed by atoms with Gasteiger partial charge in [0.05, 0.1) is 30.0 Å². The number of rotatable bonds is 2. The van der Waals surface area contributed by atoms with Crippen molar-refractivity contribution in [1.29, 1.82) is 0 Å². The van der Waals surface area contributed by atoms with Gasteiger partial charge in [-0.2, -0.15) is 0 Å². The number of nitrogens with zero attached hydrogens (tertiary/aromatic N) is 3. The lowest BCUT2D eigenvalue weighted by atomic mass is 10.2. The van der Waals surface area contributed by atoms with Crippen molar-refractivity contribution >= 4 is 33.5 Å². The molecule has 0 bridgehead atoms. The van der Waals surface area contributed by atoms with E-state index in [0.29, 0.717) is 17.4 Å². The zero-order chi connectivity index (χ0) is 14.1. The quantitative estimate of drug-likeness (QED) is 0.507. The summed E-state index contributed by atoms with van der Waals surface area (Å²) in [4.78, 5) is 20.7. The van der Waals surface area contributed by atoms with Crippen molar-refractivity contribution in [3.8, 4) is 0 Å². The van der Waals surface area contributed by atoms with Gasteiger partial charge >= 0.3 is 0 Å². The molecule has 2 aromatic heterocycles. The first-order valence-corrected chi connectivity index (χ1v) is 6.96. The number of benzene rings is 1. The Morgan fingerprint density at radius 1 is 1.20 bits per heavy atom. The fourth-order valence-electron chi connectivity index (χ4n) is 1.94. The molecule has 4 nitrogen and oxygen atoms in total. The zero-order valence-electron chi connectivity index (χ0n) is 10.3. The van der Waals surface area contributed by atoms with E-state index >= 15 is 0 Å². The van der Waals surface area contributed by atoms with Gasteiger partial charge in [-0.15, -0.1) is 0 Å². The van der Waals surface area contributed by atoms with Crippen molar-refractivity contribution in [3.05, 3.63) is 68.3 Å². The highest BCUT2D eigenvalue weighted by Gasteiger charge is 2.06. The molecule has 1 aromatic carbocycles. The molecule has 0 aliphatic rings. The van der Waals surface area contributed by atoms with Crippen molar-refractivity contribution in [2.24, 2.45) is 0 Å². The molecule has 0 aliphatic carbocycles. The maximum Gasteiger partial charge on any atom is 0.261 e. The average Bonchev–Trinajstić information content (AvgIpc) is 2.45. The minimum absolute atomic E-state index is 0.125. The fourth-order valence-corrected chi connectivity index (χ4v) is 2.39. The molecule has 0 radical (unpaired) electrons. The highest BCUT2D eigenvalue weighted by molar-refractivity contribution is 14.1. The molecule has 0 N–H and O–H groups in total. The molecular weight excluding hydrogens is 372 g/mol. The van der Waals surface area contributed by atoms with Crippen LogP contribution in [-0.4, -0.2) is 14.5 Å². The van der Waals surface area contributed by atoms with Gasteiger partial charge in [-0.3, -0.25) is 9.36 Å². The van der Waals surface area contributed by atoms with E-state index in [4.69, 9.17) is 0 Å². The van der Waals surface area contributed by atoms with Crippen molar-refractivity contribution in [2.45, 2.75) is 6.54 Å². The number of fused-ring (bicyclic) bond motifs is 1. The first kappa shape index (κ1) is 13.2. The van der Waals surface area contributed by atoms with Crippen LogP contribution in [0.15, 0.2) is 47.7 Å². The van der Waals surface area contributed by atoms with E-state index in [1.807, 2.05) is 0 Å². The third-order valence-electron chi connectivity index (χ3n) is 2.94. The van der Waals surface area contributed by atoms with Crippen LogP contribution in [0, 0.1) is 9.52 Å². The van der Waals surface area contributed by atoms with E-state index in [2.05, 4.69) is 32.6 Å². The number of pyridine rings is 1. The number of aromatic nitrogens is 3. The lowest BCUT2D eigenvalue weighted by Gasteiger charge is -2.06. The van der Waals surface area contributed by atoms with Gasteiger partial charge in [0.25, 0.3) is 5.56 Å². The molecule has 0 amide bonds. The summed E-state index contributed by atoms with van der Waals surface area (Å²) in [5.41, 5.74) is 1.30. The second-order valence-electron chi connectivity index (χ2n) is 4.33. The highest BCUT2D eigenvalue weighted by atomic mass is 127. The largest absolute Gasteiger partial charge is 0.294 e. The molecular formula is C14H9FIN3O. The first-order valence-electron chi connectivity index (χ1n) is 5.88. The molecule has 3 rings (SSSR count). The minimum Gasteiger partial charge on any atom is -0.294 e. The van der Waals surface area contributed by atoms with Crippen LogP contribution in [0.25, 0.3) is 10.9 Å². The molecule has 3 aromatic rings. The summed E-state index contributed by atoms with van der Waals surface area (Å²) in [5.74, 6) is -0.293. The molecule has 6 heteroatoms. The molecule has 0 unspecified atom stereocenters. The lowest BCUT2D eigenvalue weighted by molar-refractivity contribution is 0.626. The van der Waals surface area contributed by atoms with E-state index < -0.39 is 0 Å². The summed E-state index contributed by atoms with van der Waals surface area (Å²) in [6, 6.07) is 7.78. The summed E-state index contributed by atoms with van der Waals surface area (Å²) in [7, 11) is 0. The maximum atomic E-state index is 12.9. The summed E-state index contributed by atoms with van der Waals surface area (Å²) in [6.45, 7) is 0.362. The van der Waals surface area contributed by atoms with Crippen LogP contribution in [-0.2, 0) is 6.54 Å². The van der Waals surface area contributed by atoms with E-state index in [-0.39, 0.29) is 11.4 Å². The third kappa shape index (κ3) is 2.55. The maximum absolute atomic E-state index is 12.9. The summed E-state index contributed by atoms with van der Waals surface area (Å²) in [6.07, 6.45) is 3.07. The first-order chi connectivity index (χ1) is 9.63. The minimum atomic E-state index is -0.293. The smallest absolute Gasteiger partial charge is 0.261 e. The van der Waals surface area contributed by atoms with Crippen LogP contribution in [0.2, 0.25) is 0 Å². The van der Waals surface area contributed by atoms with E-state index in [0.717, 1.165) is 9.26 Å². The molecule has 0 saturated carbocycles. The fraction of sp³-hybridized carbons (Fsp3) is 0.0714. The Hall–Kier alpha value is -1.83. The second-order valence-corrected chi connectivity index (χ2v) is 5.43. The van der Waals surface area contributed by atoms with Crippen molar-refractivity contribution in [3.63, 3.8) is 0 Å². The van der Waals surface area contributed by atoms with Crippen molar-refractivity contribution < 1.29 is 4.39 Å². The molecule has 20 heavy (non-hydrogen) atoms.